The first-order valence-corrected chi connectivity index (χ1v) is 6.77. The van der Waals surface area contributed by atoms with Crippen LogP contribution in [0.5, 0.6) is 0 Å². The number of fused-ring (bicyclic) bond motifs is 1. The predicted octanol–water partition coefficient (Wildman–Crippen LogP) is 3.59. The highest BCUT2D eigenvalue weighted by atomic mass is 19.1. The first kappa shape index (κ1) is 12.9. The van der Waals surface area contributed by atoms with Gasteiger partial charge in [0.2, 0.25) is 0 Å². The highest BCUT2D eigenvalue weighted by Gasteiger charge is 2.28. The van der Waals surface area contributed by atoms with Crippen molar-refractivity contribution >= 4 is 5.91 Å². The molecule has 1 amide bonds. The van der Waals surface area contributed by atoms with Gasteiger partial charge in [0.15, 0.2) is 0 Å². The molecule has 1 unspecified atom stereocenters. The molecule has 2 nitrogen and oxygen atoms in total. The van der Waals surface area contributed by atoms with Gasteiger partial charge in [0.05, 0.1) is 6.04 Å². The van der Waals surface area contributed by atoms with Gasteiger partial charge in [0.25, 0.3) is 5.91 Å². The molecule has 0 aromatic heterocycles. The van der Waals surface area contributed by atoms with E-state index in [0.717, 1.165) is 12.8 Å². The van der Waals surface area contributed by atoms with Crippen molar-refractivity contribution in [3.63, 3.8) is 0 Å². The molecule has 2 aromatic rings. The van der Waals surface area contributed by atoms with E-state index in [1.54, 1.807) is 4.90 Å². The zero-order chi connectivity index (χ0) is 14.1. The highest BCUT2D eigenvalue weighted by Crippen LogP contribution is 2.35. The van der Waals surface area contributed by atoms with E-state index in [2.05, 4.69) is 12.1 Å². The summed E-state index contributed by atoms with van der Waals surface area (Å²) in [6.07, 6.45) is 1.95. The average Bonchev–Trinajstić information content (AvgIpc) is 2.90. The van der Waals surface area contributed by atoms with Crippen molar-refractivity contribution in [1.29, 1.82) is 0 Å². The summed E-state index contributed by atoms with van der Waals surface area (Å²) in [4.78, 5) is 14.2. The molecule has 1 aliphatic carbocycles. The number of halogens is 1. The molecule has 0 fully saturated rings. The Bertz CT molecular complexity index is 636. The van der Waals surface area contributed by atoms with Gasteiger partial charge in [-0.15, -0.1) is 0 Å². The fourth-order valence-corrected chi connectivity index (χ4v) is 2.87. The molecule has 0 saturated carbocycles. The fraction of sp³-hybridized carbons (Fsp3) is 0.235. The molecule has 0 bridgehead atoms. The Hall–Kier alpha value is -2.16. The first-order valence-electron chi connectivity index (χ1n) is 6.77. The molecule has 0 N–H and O–H groups in total. The van der Waals surface area contributed by atoms with Crippen LogP contribution in [0.2, 0.25) is 0 Å². The molecular formula is C17H16FNO. The lowest BCUT2D eigenvalue weighted by Crippen LogP contribution is -2.30. The third-order valence-corrected chi connectivity index (χ3v) is 3.98. The summed E-state index contributed by atoms with van der Waals surface area (Å²) < 4.78 is 12.9. The largest absolute Gasteiger partial charge is 0.335 e. The average molecular weight is 269 g/mol. The van der Waals surface area contributed by atoms with E-state index < -0.39 is 0 Å². The van der Waals surface area contributed by atoms with Crippen LogP contribution < -0.4 is 0 Å². The van der Waals surface area contributed by atoms with Gasteiger partial charge in [0.1, 0.15) is 5.82 Å². The van der Waals surface area contributed by atoms with Gasteiger partial charge in [-0.3, -0.25) is 4.79 Å². The van der Waals surface area contributed by atoms with Crippen molar-refractivity contribution in [2.45, 2.75) is 18.9 Å². The van der Waals surface area contributed by atoms with Crippen LogP contribution >= 0.6 is 0 Å². The maximum atomic E-state index is 12.9. The van der Waals surface area contributed by atoms with Crippen molar-refractivity contribution in [2.75, 3.05) is 7.05 Å². The van der Waals surface area contributed by atoms with Gasteiger partial charge in [-0.25, -0.2) is 4.39 Å². The third kappa shape index (κ3) is 2.20. The van der Waals surface area contributed by atoms with Crippen LogP contribution in [0.3, 0.4) is 0 Å². The lowest BCUT2D eigenvalue weighted by Gasteiger charge is -2.25. The summed E-state index contributed by atoms with van der Waals surface area (Å²) in [6.45, 7) is 0. The number of hydrogen-bond acceptors (Lipinski definition) is 1. The molecular weight excluding hydrogens is 253 g/mol. The van der Waals surface area contributed by atoms with Crippen LogP contribution in [0, 0.1) is 5.82 Å². The van der Waals surface area contributed by atoms with Crippen molar-refractivity contribution in [3.8, 4) is 0 Å². The van der Waals surface area contributed by atoms with Crippen LogP contribution in [0.4, 0.5) is 4.39 Å². The topological polar surface area (TPSA) is 20.3 Å². The minimum absolute atomic E-state index is 0.0632. The van der Waals surface area contributed by atoms with E-state index in [4.69, 9.17) is 0 Å². The number of benzene rings is 2. The summed E-state index contributed by atoms with van der Waals surface area (Å²) in [5.74, 6) is -0.387. The summed E-state index contributed by atoms with van der Waals surface area (Å²) in [7, 11) is 1.82. The number of amides is 1. The van der Waals surface area contributed by atoms with Gasteiger partial charge in [0, 0.05) is 12.6 Å². The molecule has 1 atom stereocenters. The van der Waals surface area contributed by atoms with Crippen molar-refractivity contribution < 1.29 is 9.18 Å². The van der Waals surface area contributed by atoms with E-state index >= 15 is 0 Å². The molecule has 3 heteroatoms. The Labute approximate surface area is 117 Å². The predicted molar refractivity (Wildman–Crippen MR) is 76.0 cm³/mol. The molecule has 102 valence electrons. The third-order valence-electron chi connectivity index (χ3n) is 3.98. The van der Waals surface area contributed by atoms with Crippen LogP contribution in [0.25, 0.3) is 0 Å². The standard InChI is InChI=1S/C17H16FNO/c1-19(17(20)13-6-9-14(18)10-7-13)16-11-8-12-4-2-3-5-15(12)16/h2-7,9-10,16H,8,11H2,1H3. The maximum Gasteiger partial charge on any atom is 0.254 e. The van der Waals surface area contributed by atoms with Crippen molar-refractivity contribution in [1.82, 2.24) is 4.90 Å². The minimum Gasteiger partial charge on any atom is -0.335 e. The molecule has 0 saturated heterocycles. The summed E-state index contributed by atoms with van der Waals surface area (Å²) in [5.41, 5.74) is 3.07. The number of hydrogen-bond donors (Lipinski definition) is 0. The SMILES string of the molecule is CN(C(=O)c1ccc(F)cc1)C1CCc2ccccc21. The lowest BCUT2D eigenvalue weighted by atomic mass is 10.1. The van der Waals surface area contributed by atoms with Gasteiger partial charge >= 0.3 is 0 Å². The second-order valence-corrected chi connectivity index (χ2v) is 5.18. The molecule has 0 aliphatic heterocycles. The monoisotopic (exact) mass is 269 g/mol. The lowest BCUT2D eigenvalue weighted by molar-refractivity contribution is 0.0730. The Morgan fingerprint density at radius 2 is 1.85 bits per heavy atom. The highest BCUT2D eigenvalue weighted by molar-refractivity contribution is 5.94. The first-order chi connectivity index (χ1) is 9.66. The Morgan fingerprint density at radius 1 is 1.15 bits per heavy atom. The van der Waals surface area contributed by atoms with E-state index in [0.29, 0.717) is 5.56 Å². The van der Waals surface area contributed by atoms with Crippen LogP contribution in [0.1, 0.15) is 33.9 Å². The minimum atomic E-state index is -0.324. The molecule has 0 heterocycles. The van der Waals surface area contributed by atoms with Gasteiger partial charge in [-0.2, -0.15) is 0 Å². The van der Waals surface area contributed by atoms with Crippen LogP contribution in [0.15, 0.2) is 48.5 Å². The van der Waals surface area contributed by atoms with Crippen LogP contribution in [-0.2, 0) is 6.42 Å². The molecule has 1 aliphatic rings. The van der Waals surface area contributed by atoms with Crippen molar-refractivity contribution in [2.24, 2.45) is 0 Å². The quantitative estimate of drug-likeness (QED) is 0.816. The van der Waals surface area contributed by atoms with Crippen molar-refractivity contribution in [3.05, 3.63) is 71.0 Å². The van der Waals surface area contributed by atoms with E-state index in [-0.39, 0.29) is 17.8 Å². The summed E-state index contributed by atoms with van der Waals surface area (Å²) >= 11 is 0. The number of carbonyl (C=O) groups is 1. The fourth-order valence-electron chi connectivity index (χ4n) is 2.87. The van der Waals surface area contributed by atoms with Gasteiger partial charge < -0.3 is 4.90 Å². The second-order valence-electron chi connectivity index (χ2n) is 5.18. The van der Waals surface area contributed by atoms with E-state index in [9.17, 15) is 9.18 Å². The molecule has 20 heavy (non-hydrogen) atoms. The molecule has 2 aromatic carbocycles. The number of carbonyl (C=O) groups excluding carboxylic acids is 1. The smallest absolute Gasteiger partial charge is 0.254 e. The van der Waals surface area contributed by atoms with E-state index in [1.807, 2.05) is 19.2 Å². The Kier molecular flexibility index (Phi) is 3.26. The Balaban J connectivity index is 1.85. The maximum absolute atomic E-state index is 12.9. The summed E-state index contributed by atoms with van der Waals surface area (Å²) in [6, 6.07) is 14.1. The molecule has 3 rings (SSSR count). The van der Waals surface area contributed by atoms with Crippen LogP contribution in [-0.4, -0.2) is 17.9 Å². The number of rotatable bonds is 2. The molecule has 0 spiro atoms. The zero-order valence-corrected chi connectivity index (χ0v) is 11.3. The second kappa shape index (κ2) is 5.08. The molecule has 0 radical (unpaired) electrons. The van der Waals surface area contributed by atoms with Gasteiger partial charge in [-0.05, 0) is 48.2 Å². The normalized spacial score (nSPS) is 16.8. The Morgan fingerprint density at radius 3 is 2.60 bits per heavy atom. The summed E-state index contributed by atoms with van der Waals surface area (Å²) in [5, 5.41) is 0. The number of nitrogens with zero attached hydrogens (tertiary/aromatic N) is 1. The number of aryl methyl sites for hydroxylation is 1. The van der Waals surface area contributed by atoms with E-state index in [1.165, 1.54) is 35.4 Å². The van der Waals surface area contributed by atoms with Gasteiger partial charge in [-0.1, -0.05) is 24.3 Å². The zero-order valence-electron chi connectivity index (χ0n) is 11.3.